The van der Waals surface area contributed by atoms with Gasteiger partial charge in [0.05, 0.1) is 6.54 Å². The van der Waals surface area contributed by atoms with Crippen LogP contribution in [0.25, 0.3) is 0 Å². The molecule has 2 amide bonds. The minimum atomic E-state index is -0.482. The van der Waals surface area contributed by atoms with Crippen molar-refractivity contribution in [1.82, 2.24) is 16.0 Å². The third-order valence-corrected chi connectivity index (χ3v) is 3.81. The molecule has 1 heterocycles. The van der Waals surface area contributed by atoms with Gasteiger partial charge in [-0.1, -0.05) is 45.0 Å². The van der Waals surface area contributed by atoms with Gasteiger partial charge in [0.2, 0.25) is 11.8 Å². The molecular weight excluding hydrogens is 278 g/mol. The summed E-state index contributed by atoms with van der Waals surface area (Å²) in [5.74, 6) is -0.286. The van der Waals surface area contributed by atoms with E-state index < -0.39 is 5.41 Å². The van der Waals surface area contributed by atoms with Crippen LogP contribution in [0.4, 0.5) is 0 Å². The highest BCUT2D eigenvalue weighted by molar-refractivity contribution is 5.87. The van der Waals surface area contributed by atoms with Gasteiger partial charge in [0.1, 0.15) is 0 Å². The van der Waals surface area contributed by atoms with Crippen molar-refractivity contribution < 1.29 is 9.59 Å². The Morgan fingerprint density at radius 3 is 2.68 bits per heavy atom. The average molecular weight is 303 g/mol. The summed E-state index contributed by atoms with van der Waals surface area (Å²) in [5.41, 5.74) is 2.10. The van der Waals surface area contributed by atoms with Crippen LogP contribution in [0.2, 0.25) is 0 Å². The second-order valence-corrected chi connectivity index (χ2v) is 6.69. The lowest BCUT2D eigenvalue weighted by molar-refractivity contribution is -0.131. The number of carbonyl (C=O) groups is 2. The first-order valence-corrected chi connectivity index (χ1v) is 7.74. The van der Waals surface area contributed by atoms with Crippen molar-refractivity contribution in [2.75, 3.05) is 19.6 Å². The molecule has 1 aromatic carbocycles. The summed E-state index contributed by atoms with van der Waals surface area (Å²) in [5, 5.41) is 8.96. The minimum absolute atomic E-state index is 0.0183. The van der Waals surface area contributed by atoms with Crippen LogP contribution in [-0.4, -0.2) is 31.4 Å². The third kappa shape index (κ3) is 4.31. The summed E-state index contributed by atoms with van der Waals surface area (Å²) in [7, 11) is 0. The Balaban J connectivity index is 1.81. The second-order valence-electron chi connectivity index (χ2n) is 6.69. The molecule has 22 heavy (non-hydrogen) atoms. The first-order chi connectivity index (χ1) is 10.4. The molecule has 1 unspecified atom stereocenters. The van der Waals surface area contributed by atoms with Crippen LogP contribution in [0.1, 0.15) is 37.9 Å². The fourth-order valence-corrected chi connectivity index (χ4v) is 2.48. The van der Waals surface area contributed by atoms with E-state index in [9.17, 15) is 9.59 Å². The van der Waals surface area contributed by atoms with E-state index in [1.807, 2.05) is 32.9 Å². The molecule has 5 nitrogen and oxygen atoms in total. The average Bonchev–Trinajstić information content (AvgIpc) is 2.49. The maximum atomic E-state index is 11.9. The van der Waals surface area contributed by atoms with E-state index in [0.717, 1.165) is 13.0 Å². The van der Waals surface area contributed by atoms with Crippen LogP contribution in [0, 0.1) is 5.41 Å². The van der Waals surface area contributed by atoms with Gasteiger partial charge in [-0.05, 0) is 24.1 Å². The summed E-state index contributed by atoms with van der Waals surface area (Å²) in [4.78, 5) is 23.6. The third-order valence-electron chi connectivity index (χ3n) is 3.81. The Morgan fingerprint density at radius 1 is 1.23 bits per heavy atom. The van der Waals surface area contributed by atoms with Crippen LogP contribution in [0.3, 0.4) is 0 Å². The fraction of sp³-hybridized carbons (Fsp3) is 0.529. The SMILES string of the molecule is CC(C)(C)C(=O)NCC(=O)NCC1NCCc2ccccc21. The molecule has 120 valence electrons. The number of hydrogen-bond donors (Lipinski definition) is 3. The summed E-state index contributed by atoms with van der Waals surface area (Å²) < 4.78 is 0. The first kappa shape index (κ1) is 16.5. The van der Waals surface area contributed by atoms with E-state index in [1.54, 1.807) is 0 Å². The van der Waals surface area contributed by atoms with Crippen molar-refractivity contribution >= 4 is 11.8 Å². The molecule has 1 aromatic rings. The molecule has 0 saturated carbocycles. The lowest BCUT2D eigenvalue weighted by atomic mass is 9.94. The van der Waals surface area contributed by atoms with Gasteiger partial charge in [-0.15, -0.1) is 0 Å². The van der Waals surface area contributed by atoms with E-state index in [4.69, 9.17) is 0 Å². The molecule has 0 aliphatic carbocycles. The molecule has 2 rings (SSSR count). The van der Waals surface area contributed by atoms with Crippen molar-refractivity contribution in [3.05, 3.63) is 35.4 Å². The van der Waals surface area contributed by atoms with Gasteiger partial charge in [0.15, 0.2) is 0 Å². The topological polar surface area (TPSA) is 70.2 Å². The minimum Gasteiger partial charge on any atom is -0.353 e. The zero-order valence-electron chi connectivity index (χ0n) is 13.5. The first-order valence-electron chi connectivity index (χ1n) is 7.74. The Bertz CT molecular complexity index is 549. The lowest BCUT2D eigenvalue weighted by Crippen LogP contribution is -2.44. The Morgan fingerprint density at radius 2 is 1.95 bits per heavy atom. The highest BCUT2D eigenvalue weighted by Crippen LogP contribution is 2.21. The van der Waals surface area contributed by atoms with Gasteiger partial charge < -0.3 is 16.0 Å². The van der Waals surface area contributed by atoms with Crippen molar-refractivity contribution in [2.45, 2.75) is 33.2 Å². The highest BCUT2D eigenvalue weighted by Gasteiger charge is 2.22. The number of fused-ring (bicyclic) bond motifs is 1. The normalized spacial score (nSPS) is 17.5. The summed E-state index contributed by atoms with van der Waals surface area (Å²) in [6, 6.07) is 8.42. The predicted molar refractivity (Wildman–Crippen MR) is 86.4 cm³/mol. The summed E-state index contributed by atoms with van der Waals surface area (Å²) in [6.07, 6.45) is 1.02. The largest absolute Gasteiger partial charge is 0.353 e. The summed E-state index contributed by atoms with van der Waals surface area (Å²) in [6.45, 7) is 6.93. The molecule has 1 atom stereocenters. The van der Waals surface area contributed by atoms with Crippen molar-refractivity contribution in [3.63, 3.8) is 0 Å². The Kier molecular flexibility index (Phi) is 5.19. The molecule has 3 N–H and O–H groups in total. The van der Waals surface area contributed by atoms with Gasteiger partial charge in [0.25, 0.3) is 0 Å². The number of amides is 2. The van der Waals surface area contributed by atoms with Crippen LogP contribution in [-0.2, 0) is 16.0 Å². The number of nitrogens with one attached hydrogen (secondary N) is 3. The molecule has 1 aliphatic rings. The molecule has 0 fully saturated rings. The van der Waals surface area contributed by atoms with Crippen molar-refractivity contribution in [2.24, 2.45) is 5.41 Å². The zero-order chi connectivity index (χ0) is 16.2. The monoisotopic (exact) mass is 303 g/mol. The Labute approximate surface area is 131 Å². The lowest BCUT2D eigenvalue weighted by Gasteiger charge is -2.27. The van der Waals surface area contributed by atoms with Crippen LogP contribution in [0.5, 0.6) is 0 Å². The fourth-order valence-electron chi connectivity index (χ4n) is 2.48. The summed E-state index contributed by atoms with van der Waals surface area (Å²) >= 11 is 0. The molecule has 0 spiro atoms. The van der Waals surface area contributed by atoms with Gasteiger partial charge >= 0.3 is 0 Å². The van der Waals surface area contributed by atoms with Gasteiger partial charge in [-0.2, -0.15) is 0 Å². The van der Waals surface area contributed by atoms with E-state index in [0.29, 0.717) is 6.54 Å². The number of hydrogen-bond acceptors (Lipinski definition) is 3. The molecule has 1 aliphatic heterocycles. The second kappa shape index (κ2) is 6.92. The van der Waals surface area contributed by atoms with E-state index in [1.165, 1.54) is 11.1 Å². The maximum Gasteiger partial charge on any atom is 0.239 e. The predicted octanol–water partition coefficient (Wildman–Crippen LogP) is 1.15. The quantitative estimate of drug-likeness (QED) is 0.781. The molecule has 0 saturated heterocycles. The number of rotatable bonds is 4. The molecule has 5 heteroatoms. The highest BCUT2D eigenvalue weighted by atomic mass is 16.2. The van der Waals surface area contributed by atoms with Crippen LogP contribution >= 0.6 is 0 Å². The van der Waals surface area contributed by atoms with E-state index in [-0.39, 0.29) is 24.4 Å². The molecular formula is C17H25N3O2. The zero-order valence-corrected chi connectivity index (χ0v) is 13.5. The van der Waals surface area contributed by atoms with E-state index >= 15 is 0 Å². The van der Waals surface area contributed by atoms with Gasteiger partial charge in [-0.25, -0.2) is 0 Å². The van der Waals surface area contributed by atoms with E-state index in [2.05, 4.69) is 28.1 Å². The number of carbonyl (C=O) groups excluding carboxylic acids is 2. The van der Waals surface area contributed by atoms with Gasteiger partial charge in [0, 0.05) is 18.0 Å². The maximum absolute atomic E-state index is 11.9. The van der Waals surface area contributed by atoms with Crippen LogP contribution < -0.4 is 16.0 Å². The number of benzene rings is 1. The molecule has 0 radical (unpaired) electrons. The molecule has 0 bridgehead atoms. The Hall–Kier alpha value is -1.88. The smallest absolute Gasteiger partial charge is 0.239 e. The van der Waals surface area contributed by atoms with Gasteiger partial charge in [-0.3, -0.25) is 9.59 Å². The van der Waals surface area contributed by atoms with Crippen molar-refractivity contribution in [1.29, 1.82) is 0 Å². The van der Waals surface area contributed by atoms with Crippen molar-refractivity contribution in [3.8, 4) is 0 Å². The van der Waals surface area contributed by atoms with Crippen LogP contribution in [0.15, 0.2) is 24.3 Å². The molecule has 0 aromatic heterocycles. The standard InChI is InChI=1S/C17H25N3O2/c1-17(2,3)16(22)20-11-15(21)19-10-14-13-7-5-4-6-12(13)8-9-18-14/h4-7,14,18H,8-11H2,1-3H3,(H,19,21)(H,20,22).